The van der Waals surface area contributed by atoms with Gasteiger partial charge in [-0.25, -0.2) is 0 Å². The highest BCUT2D eigenvalue weighted by Crippen LogP contribution is 2.32. The molecule has 0 bridgehead atoms. The van der Waals surface area contributed by atoms with E-state index in [1.54, 1.807) is 0 Å². The van der Waals surface area contributed by atoms with Gasteiger partial charge in [-0.3, -0.25) is 0 Å². The SMILES string of the molecule is Cc1cccc(N=Nc2cc(C)ccc2-c2ccccc2)c1. The number of rotatable bonds is 3. The number of hydrogen-bond acceptors (Lipinski definition) is 2. The molecule has 0 fully saturated rings. The van der Waals surface area contributed by atoms with E-state index in [1.165, 1.54) is 11.1 Å². The summed E-state index contributed by atoms with van der Waals surface area (Å²) < 4.78 is 0. The van der Waals surface area contributed by atoms with Crippen LogP contribution in [0, 0.1) is 13.8 Å². The fourth-order valence-electron chi connectivity index (χ4n) is 2.39. The van der Waals surface area contributed by atoms with Crippen molar-refractivity contribution < 1.29 is 0 Å². The second-order valence-electron chi connectivity index (χ2n) is 5.43. The lowest BCUT2D eigenvalue weighted by molar-refractivity contribution is 1.22. The fraction of sp³-hybridized carbons (Fsp3) is 0.100. The van der Waals surface area contributed by atoms with Crippen molar-refractivity contribution >= 4 is 11.4 Å². The van der Waals surface area contributed by atoms with Crippen LogP contribution in [0.5, 0.6) is 0 Å². The van der Waals surface area contributed by atoms with Crippen LogP contribution in [0.2, 0.25) is 0 Å². The Bertz CT molecular complexity index is 805. The molecule has 0 aliphatic carbocycles. The Morgan fingerprint density at radius 2 is 1.41 bits per heavy atom. The van der Waals surface area contributed by atoms with E-state index in [1.807, 2.05) is 36.4 Å². The van der Waals surface area contributed by atoms with Crippen LogP contribution in [0.4, 0.5) is 11.4 Å². The molecule has 0 aliphatic rings. The summed E-state index contributed by atoms with van der Waals surface area (Å²) in [6, 6.07) is 24.6. The van der Waals surface area contributed by atoms with Crippen LogP contribution < -0.4 is 0 Å². The first kappa shape index (κ1) is 14.2. The number of benzene rings is 3. The largest absolute Gasteiger partial charge is 0.151 e. The lowest BCUT2D eigenvalue weighted by atomic mass is 10.0. The molecule has 0 saturated carbocycles. The summed E-state index contributed by atoms with van der Waals surface area (Å²) in [6.45, 7) is 4.13. The first-order valence-corrected chi connectivity index (χ1v) is 7.37. The van der Waals surface area contributed by atoms with Gasteiger partial charge >= 0.3 is 0 Å². The lowest BCUT2D eigenvalue weighted by Gasteiger charge is -2.06. The quantitative estimate of drug-likeness (QED) is 0.499. The summed E-state index contributed by atoms with van der Waals surface area (Å²) in [4.78, 5) is 0. The molecule has 0 heterocycles. The van der Waals surface area contributed by atoms with Crippen LogP contribution in [0.1, 0.15) is 11.1 Å². The van der Waals surface area contributed by atoms with E-state index in [9.17, 15) is 0 Å². The summed E-state index contributed by atoms with van der Waals surface area (Å²) in [5.41, 5.74) is 6.39. The minimum atomic E-state index is 0.875. The standard InChI is InChI=1S/C20H18N2/c1-15-7-6-10-18(13-15)21-22-20-14-16(2)11-12-19(20)17-8-4-3-5-9-17/h3-14H,1-2H3. The molecule has 2 heteroatoms. The highest BCUT2D eigenvalue weighted by molar-refractivity contribution is 5.76. The summed E-state index contributed by atoms with van der Waals surface area (Å²) in [7, 11) is 0. The van der Waals surface area contributed by atoms with Gasteiger partial charge in [0.25, 0.3) is 0 Å². The molecule has 0 N–H and O–H groups in total. The van der Waals surface area contributed by atoms with E-state index >= 15 is 0 Å². The van der Waals surface area contributed by atoms with Gasteiger partial charge in [-0.15, -0.1) is 5.11 Å². The number of nitrogens with zero attached hydrogens (tertiary/aromatic N) is 2. The molecule has 2 nitrogen and oxygen atoms in total. The average molecular weight is 286 g/mol. The molecule has 0 atom stereocenters. The maximum atomic E-state index is 4.48. The van der Waals surface area contributed by atoms with Crippen molar-refractivity contribution in [2.24, 2.45) is 10.2 Å². The van der Waals surface area contributed by atoms with E-state index < -0.39 is 0 Å². The first-order chi connectivity index (χ1) is 10.7. The van der Waals surface area contributed by atoms with Crippen LogP contribution in [-0.2, 0) is 0 Å². The highest BCUT2D eigenvalue weighted by atomic mass is 15.1. The number of hydrogen-bond donors (Lipinski definition) is 0. The van der Waals surface area contributed by atoms with Gasteiger partial charge in [0.05, 0.1) is 11.4 Å². The smallest absolute Gasteiger partial charge is 0.0937 e. The predicted molar refractivity (Wildman–Crippen MR) is 92.0 cm³/mol. The van der Waals surface area contributed by atoms with Crippen molar-refractivity contribution in [2.45, 2.75) is 13.8 Å². The van der Waals surface area contributed by atoms with Crippen LogP contribution >= 0.6 is 0 Å². The molecule has 3 aromatic carbocycles. The second kappa shape index (κ2) is 6.35. The van der Waals surface area contributed by atoms with Gasteiger partial charge in [0.15, 0.2) is 0 Å². The lowest BCUT2D eigenvalue weighted by Crippen LogP contribution is -1.80. The third-order valence-corrected chi connectivity index (χ3v) is 3.51. The van der Waals surface area contributed by atoms with Gasteiger partial charge in [0, 0.05) is 5.56 Å². The van der Waals surface area contributed by atoms with Crippen LogP contribution in [0.15, 0.2) is 83.0 Å². The number of azo groups is 1. The normalized spacial score (nSPS) is 11.0. The minimum absolute atomic E-state index is 0.875. The van der Waals surface area contributed by atoms with Crippen LogP contribution in [0.25, 0.3) is 11.1 Å². The van der Waals surface area contributed by atoms with E-state index in [2.05, 4.69) is 60.5 Å². The Morgan fingerprint density at radius 1 is 0.636 bits per heavy atom. The summed E-state index contributed by atoms with van der Waals surface area (Å²) in [5.74, 6) is 0. The maximum Gasteiger partial charge on any atom is 0.0937 e. The Hall–Kier alpha value is -2.74. The zero-order chi connectivity index (χ0) is 15.4. The summed E-state index contributed by atoms with van der Waals surface area (Å²) >= 11 is 0. The first-order valence-electron chi connectivity index (χ1n) is 7.37. The summed E-state index contributed by atoms with van der Waals surface area (Å²) in [6.07, 6.45) is 0. The van der Waals surface area contributed by atoms with Crippen molar-refractivity contribution in [2.75, 3.05) is 0 Å². The van der Waals surface area contributed by atoms with E-state index in [-0.39, 0.29) is 0 Å². The third kappa shape index (κ3) is 3.29. The van der Waals surface area contributed by atoms with Gasteiger partial charge in [0.1, 0.15) is 0 Å². The van der Waals surface area contributed by atoms with E-state index in [0.29, 0.717) is 0 Å². The minimum Gasteiger partial charge on any atom is -0.151 e. The van der Waals surface area contributed by atoms with Crippen molar-refractivity contribution in [1.29, 1.82) is 0 Å². The zero-order valence-corrected chi connectivity index (χ0v) is 12.8. The second-order valence-corrected chi connectivity index (χ2v) is 5.43. The molecule has 3 aromatic rings. The molecule has 0 spiro atoms. The van der Waals surface area contributed by atoms with Gasteiger partial charge in [-0.05, 0) is 48.7 Å². The van der Waals surface area contributed by atoms with Crippen LogP contribution in [-0.4, -0.2) is 0 Å². The highest BCUT2D eigenvalue weighted by Gasteiger charge is 2.04. The number of aryl methyl sites for hydroxylation is 2. The average Bonchev–Trinajstić information content (AvgIpc) is 2.54. The van der Waals surface area contributed by atoms with Crippen molar-refractivity contribution in [3.05, 3.63) is 83.9 Å². The third-order valence-electron chi connectivity index (χ3n) is 3.51. The molecular weight excluding hydrogens is 268 g/mol. The molecule has 3 rings (SSSR count). The van der Waals surface area contributed by atoms with Gasteiger partial charge < -0.3 is 0 Å². The maximum absolute atomic E-state index is 4.48. The molecular formula is C20H18N2. The summed E-state index contributed by atoms with van der Waals surface area (Å²) in [5, 5.41) is 8.87. The molecule has 0 unspecified atom stereocenters. The van der Waals surface area contributed by atoms with Gasteiger partial charge in [0.2, 0.25) is 0 Å². The molecule has 0 aromatic heterocycles. The molecule has 22 heavy (non-hydrogen) atoms. The molecule has 0 amide bonds. The van der Waals surface area contributed by atoms with E-state index in [0.717, 1.165) is 22.5 Å². The Balaban J connectivity index is 2.01. The van der Waals surface area contributed by atoms with Crippen molar-refractivity contribution in [1.82, 2.24) is 0 Å². The Morgan fingerprint density at radius 3 is 2.18 bits per heavy atom. The van der Waals surface area contributed by atoms with E-state index in [4.69, 9.17) is 0 Å². The van der Waals surface area contributed by atoms with Gasteiger partial charge in [-0.2, -0.15) is 5.11 Å². The van der Waals surface area contributed by atoms with Crippen molar-refractivity contribution in [3.8, 4) is 11.1 Å². The molecule has 108 valence electrons. The predicted octanol–water partition coefficient (Wildman–Crippen LogP) is 6.39. The molecule has 0 saturated heterocycles. The fourth-order valence-corrected chi connectivity index (χ4v) is 2.39. The monoisotopic (exact) mass is 286 g/mol. The zero-order valence-electron chi connectivity index (χ0n) is 12.8. The van der Waals surface area contributed by atoms with Crippen LogP contribution in [0.3, 0.4) is 0 Å². The topological polar surface area (TPSA) is 24.7 Å². The molecule has 0 aliphatic heterocycles. The van der Waals surface area contributed by atoms with Crippen molar-refractivity contribution in [3.63, 3.8) is 0 Å². The molecule has 0 radical (unpaired) electrons. The Kier molecular flexibility index (Phi) is 4.10. The Labute approximate surface area is 131 Å². The van der Waals surface area contributed by atoms with Gasteiger partial charge in [-0.1, -0.05) is 54.6 Å².